The fourth-order valence-electron chi connectivity index (χ4n) is 3.00. The third-order valence-corrected chi connectivity index (χ3v) is 4.72. The molecule has 3 aromatic rings. The quantitative estimate of drug-likeness (QED) is 0.468. The topological polar surface area (TPSA) is 98.0 Å². The highest BCUT2D eigenvalue weighted by Crippen LogP contribution is 2.22. The van der Waals surface area contributed by atoms with Crippen LogP contribution in [-0.2, 0) is 13.0 Å². The Hall–Kier alpha value is -3.39. The SMILES string of the molecule is O=C(Cn1nnc(CCN2C(=O)c3ccccc3C2=O)n1)c1ccccc1Cl. The van der Waals surface area contributed by atoms with Crippen LogP contribution in [0.5, 0.6) is 0 Å². The highest BCUT2D eigenvalue weighted by Gasteiger charge is 2.34. The van der Waals surface area contributed by atoms with Crippen molar-refractivity contribution in [2.24, 2.45) is 0 Å². The molecule has 8 nitrogen and oxygen atoms in total. The lowest BCUT2D eigenvalue weighted by Crippen LogP contribution is -2.32. The van der Waals surface area contributed by atoms with E-state index in [9.17, 15) is 14.4 Å². The summed E-state index contributed by atoms with van der Waals surface area (Å²) in [4.78, 5) is 39.4. The van der Waals surface area contributed by atoms with E-state index in [2.05, 4.69) is 15.4 Å². The van der Waals surface area contributed by atoms with Gasteiger partial charge in [-0.15, -0.1) is 10.2 Å². The van der Waals surface area contributed by atoms with Gasteiger partial charge in [-0.25, -0.2) is 0 Å². The lowest BCUT2D eigenvalue weighted by atomic mass is 10.1. The summed E-state index contributed by atoms with van der Waals surface area (Å²) in [5.74, 6) is -0.567. The van der Waals surface area contributed by atoms with Crippen LogP contribution in [0.15, 0.2) is 48.5 Å². The van der Waals surface area contributed by atoms with E-state index >= 15 is 0 Å². The van der Waals surface area contributed by atoms with Crippen LogP contribution in [0.3, 0.4) is 0 Å². The third-order valence-electron chi connectivity index (χ3n) is 4.39. The van der Waals surface area contributed by atoms with Gasteiger partial charge in [-0.1, -0.05) is 35.9 Å². The van der Waals surface area contributed by atoms with Crippen molar-refractivity contribution in [3.05, 3.63) is 76.1 Å². The first-order chi connectivity index (χ1) is 13.5. The molecule has 0 aliphatic carbocycles. The van der Waals surface area contributed by atoms with Crippen molar-refractivity contribution in [3.8, 4) is 0 Å². The molecular weight excluding hydrogens is 382 g/mol. The Kier molecular flexibility index (Phi) is 4.70. The molecule has 0 saturated heterocycles. The van der Waals surface area contributed by atoms with E-state index in [1.807, 2.05) is 0 Å². The predicted molar refractivity (Wildman–Crippen MR) is 99.1 cm³/mol. The molecule has 1 aromatic heterocycles. The molecule has 9 heteroatoms. The fraction of sp³-hybridized carbons (Fsp3) is 0.158. The van der Waals surface area contributed by atoms with Crippen LogP contribution in [0.2, 0.25) is 5.02 Å². The van der Waals surface area contributed by atoms with Crippen LogP contribution in [-0.4, -0.2) is 49.2 Å². The van der Waals surface area contributed by atoms with Gasteiger partial charge in [0.25, 0.3) is 11.8 Å². The number of fused-ring (bicyclic) bond motifs is 1. The standard InChI is InChI=1S/C19H14ClN5O3/c20-15-8-4-3-7-14(15)16(26)11-25-22-17(21-23-25)9-10-24-18(27)12-5-1-2-6-13(12)19(24)28/h1-8H,9-11H2. The molecule has 0 unspecified atom stereocenters. The number of rotatable bonds is 6. The zero-order valence-corrected chi connectivity index (χ0v) is 15.3. The number of Topliss-reactive ketones (excluding diaryl/α,β-unsaturated/α-hetero) is 1. The minimum absolute atomic E-state index is 0.107. The van der Waals surface area contributed by atoms with E-state index in [4.69, 9.17) is 11.6 Å². The molecule has 0 spiro atoms. The number of aromatic nitrogens is 4. The zero-order chi connectivity index (χ0) is 19.7. The fourth-order valence-corrected chi connectivity index (χ4v) is 3.24. The smallest absolute Gasteiger partial charge is 0.261 e. The molecule has 0 saturated carbocycles. The Morgan fingerprint density at radius 2 is 1.61 bits per heavy atom. The highest BCUT2D eigenvalue weighted by atomic mass is 35.5. The Labute approximate surface area is 164 Å². The first kappa shape index (κ1) is 18.0. The van der Waals surface area contributed by atoms with Crippen LogP contribution >= 0.6 is 11.6 Å². The molecule has 0 fully saturated rings. The van der Waals surface area contributed by atoms with E-state index in [1.165, 1.54) is 9.70 Å². The summed E-state index contributed by atoms with van der Waals surface area (Å²) in [5.41, 5.74) is 1.18. The molecule has 2 heterocycles. The van der Waals surface area contributed by atoms with Crippen LogP contribution in [0, 0.1) is 0 Å². The number of amides is 2. The van der Waals surface area contributed by atoms with Crippen LogP contribution in [0.25, 0.3) is 0 Å². The predicted octanol–water partition coefficient (Wildman–Crippen LogP) is 2.05. The Bertz CT molecular complexity index is 1060. The van der Waals surface area contributed by atoms with Gasteiger partial charge in [-0.2, -0.15) is 4.80 Å². The van der Waals surface area contributed by atoms with Gasteiger partial charge in [0.15, 0.2) is 11.6 Å². The van der Waals surface area contributed by atoms with E-state index in [0.29, 0.717) is 27.5 Å². The normalized spacial score (nSPS) is 13.1. The molecule has 0 bridgehead atoms. The summed E-state index contributed by atoms with van der Waals surface area (Å²) in [6.07, 6.45) is 0.242. The molecule has 0 radical (unpaired) electrons. The molecule has 28 heavy (non-hydrogen) atoms. The second kappa shape index (κ2) is 7.32. The van der Waals surface area contributed by atoms with Gasteiger partial charge >= 0.3 is 0 Å². The van der Waals surface area contributed by atoms with Gasteiger partial charge in [0, 0.05) is 18.5 Å². The minimum Gasteiger partial charge on any atom is -0.292 e. The summed E-state index contributed by atoms with van der Waals surface area (Å²) in [7, 11) is 0. The first-order valence-electron chi connectivity index (χ1n) is 8.54. The maximum atomic E-state index is 12.4. The Morgan fingerprint density at radius 1 is 0.964 bits per heavy atom. The molecule has 140 valence electrons. The molecular formula is C19H14ClN5O3. The van der Waals surface area contributed by atoms with Crippen molar-refractivity contribution in [3.63, 3.8) is 0 Å². The average molecular weight is 396 g/mol. The van der Waals surface area contributed by atoms with Gasteiger partial charge in [0.05, 0.1) is 16.1 Å². The molecule has 0 N–H and O–H groups in total. The molecule has 4 rings (SSSR count). The second-order valence-electron chi connectivity index (χ2n) is 6.20. The highest BCUT2D eigenvalue weighted by molar-refractivity contribution is 6.33. The van der Waals surface area contributed by atoms with E-state index in [1.54, 1.807) is 48.5 Å². The number of hydrogen-bond donors (Lipinski definition) is 0. The van der Waals surface area contributed by atoms with E-state index < -0.39 is 0 Å². The largest absolute Gasteiger partial charge is 0.292 e. The third kappa shape index (κ3) is 3.29. The Balaban J connectivity index is 1.40. The minimum atomic E-state index is -0.332. The van der Waals surface area contributed by atoms with Gasteiger partial charge in [0.2, 0.25) is 0 Å². The lowest BCUT2D eigenvalue weighted by molar-refractivity contribution is 0.0655. The molecule has 0 atom stereocenters. The maximum Gasteiger partial charge on any atom is 0.261 e. The number of ketones is 1. The van der Waals surface area contributed by atoms with Gasteiger partial charge in [0.1, 0.15) is 6.54 Å². The number of halogens is 1. The molecule has 2 aromatic carbocycles. The zero-order valence-electron chi connectivity index (χ0n) is 14.6. The van der Waals surface area contributed by atoms with Gasteiger partial charge in [-0.05, 0) is 29.5 Å². The van der Waals surface area contributed by atoms with Crippen molar-refractivity contribution in [1.29, 1.82) is 0 Å². The van der Waals surface area contributed by atoms with Gasteiger partial charge in [-0.3, -0.25) is 19.3 Å². The molecule has 1 aliphatic heterocycles. The summed E-state index contributed by atoms with van der Waals surface area (Å²) >= 11 is 6.02. The monoisotopic (exact) mass is 395 g/mol. The lowest BCUT2D eigenvalue weighted by Gasteiger charge is -2.11. The van der Waals surface area contributed by atoms with E-state index in [-0.39, 0.29) is 37.1 Å². The number of imide groups is 1. The number of benzene rings is 2. The molecule has 2 amide bonds. The number of carbonyl (C=O) groups excluding carboxylic acids is 3. The van der Waals surface area contributed by atoms with Crippen LogP contribution in [0.1, 0.15) is 36.9 Å². The average Bonchev–Trinajstić information content (AvgIpc) is 3.24. The summed E-state index contributed by atoms with van der Waals surface area (Å²) < 4.78 is 0. The maximum absolute atomic E-state index is 12.4. The van der Waals surface area contributed by atoms with Crippen molar-refractivity contribution < 1.29 is 14.4 Å². The van der Waals surface area contributed by atoms with Crippen LogP contribution < -0.4 is 0 Å². The van der Waals surface area contributed by atoms with Crippen molar-refractivity contribution >= 4 is 29.2 Å². The van der Waals surface area contributed by atoms with E-state index in [0.717, 1.165) is 0 Å². The summed E-state index contributed by atoms with van der Waals surface area (Å²) in [6.45, 7) is 0.0280. The van der Waals surface area contributed by atoms with Crippen molar-refractivity contribution in [1.82, 2.24) is 25.1 Å². The molecule has 1 aliphatic rings. The number of nitrogens with zero attached hydrogens (tertiary/aromatic N) is 5. The van der Waals surface area contributed by atoms with Crippen molar-refractivity contribution in [2.45, 2.75) is 13.0 Å². The first-order valence-corrected chi connectivity index (χ1v) is 8.92. The van der Waals surface area contributed by atoms with Crippen LogP contribution in [0.4, 0.5) is 0 Å². The number of hydrogen-bond acceptors (Lipinski definition) is 6. The number of tetrazole rings is 1. The van der Waals surface area contributed by atoms with Gasteiger partial charge < -0.3 is 0 Å². The number of carbonyl (C=O) groups is 3. The van der Waals surface area contributed by atoms with Crippen molar-refractivity contribution in [2.75, 3.05) is 6.54 Å². The summed E-state index contributed by atoms with van der Waals surface area (Å²) in [6, 6.07) is 13.4. The Morgan fingerprint density at radius 3 is 2.29 bits per heavy atom. The summed E-state index contributed by atoms with van der Waals surface area (Å²) in [5, 5.41) is 12.3. The second-order valence-corrected chi connectivity index (χ2v) is 6.60.